The third kappa shape index (κ3) is 12.0. The van der Waals surface area contributed by atoms with Crippen LogP contribution in [0.25, 0.3) is 0 Å². The third-order valence-corrected chi connectivity index (χ3v) is 13.4. The van der Waals surface area contributed by atoms with E-state index in [-0.39, 0.29) is 43.1 Å². The SMILES string of the molecule is CC[C@H]1OC(=O)[C@H](C)[C@@H](OC2CC(C)(OC)C(OC(=O)NCCCCN)C(C)O2)C(C)[C@@H](OC2OC(C)CC(C)C2O)[C@](C)(O)C[C@@H](C)[C@H](C)[C@H](C)[C@@H](O)[C@]1(C)O. The Labute approximate surface area is 341 Å². The minimum absolute atomic E-state index is 0.0935. The van der Waals surface area contributed by atoms with Crippen LogP contribution in [0.1, 0.15) is 122 Å². The van der Waals surface area contributed by atoms with Gasteiger partial charge >= 0.3 is 12.1 Å². The molecule has 3 aliphatic heterocycles. The van der Waals surface area contributed by atoms with Crippen molar-refractivity contribution in [1.82, 2.24) is 5.32 Å². The minimum atomic E-state index is -1.80. The van der Waals surface area contributed by atoms with Crippen molar-refractivity contribution < 1.29 is 63.2 Å². The number of carbonyl (C=O) groups excluding carboxylic acids is 2. The molecule has 0 saturated carbocycles. The van der Waals surface area contributed by atoms with Crippen LogP contribution in [-0.4, -0.2) is 131 Å². The number of cyclic esters (lactones) is 1. The highest BCUT2D eigenvalue weighted by Crippen LogP contribution is 2.43. The molecule has 0 aliphatic carbocycles. The molecule has 15 nitrogen and oxygen atoms in total. The molecule has 7 N–H and O–H groups in total. The van der Waals surface area contributed by atoms with Gasteiger partial charge in [0.2, 0.25) is 0 Å². The van der Waals surface area contributed by atoms with Gasteiger partial charge in [-0.25, -0.2) is 4.79 Å². The molecule has 3 rings (SSSR count). The largest absolute Gasteiger partial charge is 0.459 e. The molecule has 0 aromatic heterocycles. The van der Waals surface area contributed by atoms with Crippen LogP contribution in [0, 0.1) is 35.5 Å². The van der Waals surface area contributed by atoms with Gasteiger partial charge < -0.3 is 64.6 Å². The zero-order valence-electron chi connectivity index (χ0n) is 36.9. The molecule has 19 atom stereocenters. The summed E-state index contributed by atoms with van der Waals surface area (Å²) in [5.74, 6) is -3.50. The van der Waals surface area contributed by atoms with Gasteiger partial charge in [-0.3, -0.25) is 4.79 Å². The third-order valence-electron chi connectivity index (χ3n) is 13.4. The lowest BCUT2D eigenvalue weighted by Crippen LogP contribution is -2.61. The lowest BCUT2D eigenvalue weighted by atomic mass is 9.70. The highest BCUT2D eigenvalue weighted by Gasteiger charge is 2.54. The molecule has 0 aromatic carbocycles. The summed E-state index contributed by atoms with van der Waals surface area (Å²) in [6, 6.07) is 0. The second kappa shape index (κ2) is 20.7. The maximum Gasteiger partial charge on any atom is 0.407 e. The fraction of sp³-hybridized carbons (Fsp3) is 0.952. The second-order valence-corrected chi connectivity index (χ2v) is 18.3. The molecule has 3 fully saturated rings. The van der Waals surface area contributed by atoms with E-state index in [9.17, 15) is 30.0 Å². The van der Waals surface area contributed by atoms with Gasteiger partial charge in [0.05, 0.1) is 42.0 Å². The van der Waals surface area contributed by atoms with Gasteiger partial charge in [-0.05, 0) is 104 Å². The van der Waals surface area contributed by atoms with Crippen LogP contribution in [-0.2, 0) is 38.0 Å². The average Bonchev–Trinajstić information content (AvgIpc) is 3.14. The lowest BCUT2D eigenvalue weighted by molar-refractivity contribution is -0.318. The molecule has 0 spiro atoms. The van der Waals surface area contributed by atoms with Crippen molar-refractivity contribution in [3.63, 3.8) is 0 Å². The number of alkyl carbamates (subject to hydrolysis) is 1. The number of nitrogens with one attached hydrogen (secondary N) is 1. The minimum Gasteiger partial charge on any atom is -0.459 e. The summed E-state index contributed by atoms with van der Waals surface area (Å²) in [7, 11) is 1.52. The van der Waals surface area contributed by atoms with Crippen molar-refractivity contribution in [2.45, 2.75) is 200 Å². The monoisotopic (exact) mass is 819 g/mol. The Balaban J connectivity index is 2.09. The normalized spacial score (nSPS) is 46.7. The van der Waals surface area contributed by atoms with Crippen molar-refractivity contribution in [2.24, 2.45) is 41.2 Å². The number of unbranched alkanes of at least 4 members (excludes halogenated alkanes) is 1. The lowest BCUT2D eigenvalue weighted by Gasteiger charge is -2.49. The topological polar surface area (TPSA) is 218 Å². The molecule has 0 radical (unpaired) electrons. The van der Waals surface area contributed by atoms with Crippen LogP contribution < -0.4 is 11.1 Å². The van der Waals surface area contributed by atoms with Crippen molar-refractivity contribution in [2.75, 3.05) is 20.2 Å². The molecule has 3 saturated heterocycles. The molecule has 0 aromatic rings. The molecule has 57 heavy (non-hydrogen) atoms. The quantitative estimate of drug-likeness (QED) is 0.128. The molecular formula is C42H78N2O13. The predicted octanol–water partition coefficient (Wildman–Crippen LogP) is 4.03. The van der Waals surface area contributed by atoms with Gasteiger partial charge in [-0.1, -0.05) is 41.5 Å². The Hall–Kier alpha value is -1.66. The van der Waals surface area contributed by atoms with Crippen LogP contribution in [0.4, 0.5) is 4.79 Å². The van der Waals surface area contributed by atoms with E-state index < -0.39 is 102 Å². The first-order valence-electron chi connectivity index (χ1n) is 21.3. The smallest absolute Gasteiger partial charge is 0.407 e. The number of methoxy groups -OCH3 is 1. The van der Waals surface area contributed by atoms with Crippen molar-refractivity contribution in [3.05, 3.63) is 0 Å². The van der Waals surface area contributed by atoms with E-state index in [2.05, 4.69) is 5.32 Å². The summed E-state index contributed by atoms with van der Waals surface area (Å²) in [5, 5.41) is 50.0. The zero-order chi connectivity index (χ0) is 43.2. The van der Waals surface area contributed by atoms with E-state index in [1.807, 2.05) is 41.5 Å². The van der Waals surface area contributed by atoms with Gasteiger partial charge in [0.15, 0.2) is 18.7 Å². The number of rotatable bonds is 11. The van der Waals surface area contributed by atoms with Gasteiger partial charge in [0.25, 0.3) is 0 Å². The maximum absolute atomic E-state index is 14.3. The molecule has 0 bridgehead atoms. The first kappa shape index (κ1) is 49.7. The Morgan fingerprint density at radius 2 is 1.54 bits per heavy atom. The zero-order valence-corrected chi connectivity index (χ0v) is 36.9. The number of aliphatic hydroxyl groups excluding tert-OH is 2. The summed E-state index contributed by atoms with van der Waals surface area (Å²) in [5.41, 5.74) is 1.11. The summed E-state index contributed by atoms with van der Waals surface area (Å²) < 4.78 is 43.9. The maximum atomic E-state index is 14.3. The number of hydrogen-bond donors (Lipinski definition) is 6. The highest BCUT2D eigenvalue weighted by atomic mass is 16.7. The summed E-state index contributed by atoms with van der Waals surface area (Å²) in [6.45, 7) is 22.5. The Morgan fingerprint density at radius 1 is 0.895 bits per heavy atom. The number of hydrogen-bond acceptors (Lipinski definition) is 14. The van der Waals surface area contributed by atoms with E-state index >= 15 is 0 Å². The molecule has 15 heteroatoms. The number of carbonyl (C=O) groups is 2. The van der Waals surface area contributed by atoms with Crippen LogP contribution in [0.2, 0.25) is 0 Å². The van der Waals surface area contributed by atoms with E-state index in [0.717, 1.165) is 6.42 Å². The second-order valence-electron chi connectivity index (χ2n) is 18.3. The standard InChI is InChI=1S/C42H78N2O13/c1-14-30-42(12,50)34(46)26(6)25(5)23(3)20-40(10,49)35(56-38-32(45)22(2)19-24(4)52-38)27(7)33(28(8)37(47)54-30)55-31-21-41(11,51-13)36(29(9)53-31)57-39(48)44-18-16-15-17-43/h22-36,38,45-46,49-50H,14-21,43H2,1-13H3,(H,44,48)/t22?,23-,24?,25+,26+,27?,28-,29?,30-,31?,32?,33+,34-,35-,36?,38?,40-,41?,42-/m1/s1. The van der Waals surface area contributed by atoms with E-state index in [1.165, 1.54) is 14.0 Å². The fourth-order valence-electron chi connectivity index (χ4n) is 9.33. The van der Waals surface area contributed by atoms with Crippen molar-refractivity contribution >= 4 is 12.1 Å². The van der Waals surface area contributed by atoms with Crippen molar-refractivity contribution in [3.8, 4) is 0 Å². The summed E-state index contributed by atoms with van der Waals surface area (Å²) >= 11 is 0. The Morgan fingerprint density at radius 3 is 2.14 bits per heavy atom. The fourth-order valence-corrected chi connectivity index (χ4v) is 9.33. The molecule has 3 heterocycles. The molecule has 1 amide bonds. The molecule has 3 aliphatic rings. The summed E-state index contributed by atoms with van der Waals surface area (Å²) in [4.78, 5) is 27.1. The van der Waals surface area contributed by atoms with Crippen LogP contribution in [0.15, 0.2) is 0 Å². The number of nitrogens with two attached hydrogens (primary N) is 1. The first-order valence-corrected chi connectivity index (χ1v) is 21.3. The number of aliphatic hydroxyl groups is 4. The predicted molar refractivity (Wildman–Crippen MR) is 213 cm³/mol. The summed E-state index contributed by atoms with van der Waals surface area (Å²) in [6.07, 6.45) is -7.27. The van der Waals surface area contributed by atoms with Crippen LogP contribution in [0.3, 0.4) is 0 Å². The molecule has 9 unspecified atom stereocenters. The molecular weight excluding hydrogens is 740 g/mol. The number of amides is 1. The van der Waals surface area contributed by atoms with E-state index in [4.69, 9.17) is 38.9 Å². The van der Waals surface area contributed by atoms with Gasteiger partial charge in [0, 0.05) is 26.0 Å². The average molecular weight is 819 g/mol. The Kier molecular flexibility index (Phi) is 18.1. The number of esters is 1. The van der Waals surface area contributed by atoms with Crippen LogP contribution >= 0.6 is 0 Å². The van der Waals surface area contributed by atoms with E-state index in [0.29, 0.717) is 25.9 Å². The van der Waals surface area contributed by atoms with Crippen molar-refractivity contribution in [1.29, 1.82) is 0 Å². The first-order chi connectivity index (χ1) is 26.4. The number of ether oxygens (including phenoxy) is 7. The molecule has 334 valence electrons. The van der Waals surface area contributed by atoms with Gasteiger partial charge in [-0.15, -0.1) is 0 Å². The van der Waals surface area contributed by atoms with Crippen LogP contribution in [0.5, 0.6) is 0 Å². The van der Waals surface area contributed by atoms with Gasteiger partial charge in [0.1, 0.15) is 23.4 Å². The highest BCUT2D eigenvalue weighted by molar-refractivity contribution is 5.73. The van der Waals surface area contributed by atoms with E-state index in [1.54, 1.807) is 34.6 Å². The Bertz CT molecular complexity index is 1270. The van der Waals surface area contributed by atoms with Gasteiger partial charge in [-0.2, -0.15) is 0 Å².